The van der Waals surface area contributed by atoms with Gasteiger partial charge in [-0.25, -0.2) is 9.97 Å². The summed E-state index contributed by atoms with van der Waals surface area (Å²) in [6, 6.07) is 1.96. The molecule has 2 saturated heterocycles. The van der Waals surface area contributed by atoms with Gasteiger partial charge in [0.25, 0.3) is 0 Å². The number of hydrogen-bond acceptors (Lipinski definition) is 5. The Hall–Kier alpha value is -2.18. The van der Waals surface area contributed by atoms with Gasteiger partial charge in [-0.05, 0) is 18.8 Å². The summed E-state index contributed by atoms with van der Waals surface area (Å²) in [5.74, 6) is 2.84. The Labute approximate surface area is 161 Å². The van der Waals surface area contributed by atoms with Gasteiger partial charge in [0, 0.05) is 64.5 Å². The van der Waals surface area contributed by atoms with Crippen LogP contribution in [0.1, 0.15) is 62.9 Å². The number of carbonyl (C=O) groups is 2. The molecule has 0 unspecified atom stereocenters. The molecule has 0 spiro atoms. The van der Waals surface area contributed by atoms with Crippen molar-refractivity contribution >= 4 is 17.6 Å². The molecular formula is C20H31N5O2. The van der Waals surface area contributed by atoms with Crippen LogP contribution >= 0.6 is 0 Å². The Morgan fingerprint density at radius 2 is 1.96 bits per heavy atom. The van der Waals surface area contributed by atoms with Gasteiger partial charge in [-0.3, -0.25) is 9.59 Å². The number of nitrogens with one attached hydrogen (secondary N) is 1. The van der Waals surface area contributed by atoms with Crippen LogP contribution in [0.3, 0.4) is 0 Å². The van der Waals surface area contributed by atoms with Crippen LogP contribution in [0.15, 0.2) is 6.07 Å². The molecule has 7 nitrogen and oxygen atoms in total. The van der Waals surface area contributed by atoms with Gasteiger partial charge < -0.3 is 15.1 Å². The van der Waals surface area contributed by atoms with E-state index in [-0.39, 0.29) is 23.7 Å². The average Bonchev–Trinajstić information content (AvgIpc) is 2.99. The van der Waals surface area contributed by atoms with E-state index in [2.05, 4.69) is 24.1 Å². The Bertz CT molecular complexity index is 698. The van der Waals surface area contributed by atoms with Gasteiger partial charge in [-0.1, -0.05) is 13.8 Å². The summed E-state index contributed by atoms with van der Waals surface area (Å²) in [5.41, 5.74) is 0.945. The van der Waals surface area contributed by atoms with Crippen molar-refractivity contribution < 1.29 is 9.59 Å². The van der Waals surface area contributed by atoms with Crippen LogP contribution < -0.4 is 5.32 Å². The molecule has 3 rings (SSSR count). The molecule has 1 N–H and O–H groups in total. The fraction of sp³-hybridized carbons (Fsp3) is 0.700. The molecule has 0 radical (unpaired) electrons. The Morgan fingerprint density at radius 1 is 1.26 bits per heavy atom. The lowest BCUT2D eigenvalue weighted by atomic mass is 9.94. The second kappa shape index (κ2) is 8.23. The fourth-order valence-electron chi connectivity index (χ4n) is 3.93. The molecule has 1 aromatic rings. The number of aromatic nitrogens is 2. The molecule has 1 atom stereocenters. The topological polar surface area (TPSA) is 78.4 Å². The van der Waals surface area contributed by atoms with Crippen molar-refractivity contribution in [2.45, 2.75) is 51.4 Å². The smallest absolute Gasteiger partial charge is 0.223 e. The van der Waals surface area contributed by atoms with Crippen molar-refractivity contribution in [1.82, 2.24) is 19.8 Å². The number of carbonyl (C=O) groups excluding carboxylic acids is 2. The minimum Gasteiger partial charge on any atom is -0.373 e. The van der Waals surface area contributed by atoms with Crippen molar-refractivity contribution in [3.05, 3.63) is 17.6 Å². The highest BCUT2D eigenvalue weighted by atomic mass is 16.2. The second-order valence-corrected chi connectivity index (χ2v) is 8.21. The van der Waals surface area contributed by atoms with E-state index in [1.54, 1.807) is 4.90 Å². The number of likely N-dealkylation sites (N-methyl/N-ethyl adjacent to an activating group) is 1. The number of rotatable bonds is 5. The van der Waals surface area contributed by atoms with Gasteiger partial charge in [-0.15, -0.1) is 0 Å². The van der Waals surface area contributed by atoms with Gasteiger partial charge in [0.1, 0.15) is 11.6 Å². The zero-order valence-electron chi connectivity index (χ0n) is 16.9. The van der Waals surface area contributed by atoms with Crippen LogP contribution in [0.4, 0.5) is 5.82 Å². The first kappa shape index (κ1) is 19.6. The van der Waals surface area contributed by atoms with Crippen molar-refractivity contribution in [2.75, 3.05) is 39.0 Å². The molecule has 3 heterocycles. The highest BCUT2D eigenvalue weighted by molar-refractivity contribution is 5.79. The summed E-state index contributed by atoms with van der Waals surface area (Å²) < 4.78 is 0. The van der Waals surface area contributed by atoms with Gasteiger partial charge in [0.2, 0.25) is 11.8 Å². The first-order valence-corrected chi connectivity index (χ1v) is 9.95. The van der Waals surface area contributed by atoms with Crippen molar-refractivity contribution in [3.8, 4) is 0 Å². The molecule has 1 aromatic heterocycles. The van der Waals surface area contributed by atoms with Crippen LogP contribution in [0.5, 0.6) is 0 Å². The Morgan fingerprint density at radius 3 is 2.52 bits per heavy atom. The van der Waals surface area contributed by atoms with Crippen molar-refractivity contribution in [1.29, 1.82) is 0 Å². The largest absolute Gasteiger partial charge is 0.373 e. The summed E-state index contributed by atoms with van der Waals surface area (Å²) in [4.78, 5) is 37.5. The molecule has 148 valence electrons. The first-order valence-electron chi connectivity index (χ1n) is 9.95. The molecule has 27 heavy (non-hydrogen) atoms. The number of piperidine rings is 1. The number of hydrogen-bond donors (Lipinski definition) is 1. The summed E-state index contributed by atoms with van der Waals surface area (Å²) in [5, 5.41) is 3.13. The second-order valence-electron chi connectivity index (χ2n) is 8.21. The van der Waals surface area contributed by atoms with Crippen molar-refractivity contribution in [2.24, 2.45) is 5.92 Å². The van der Waals surface area contributed by atoms with Crippen LogP contribution in [0.25, 0.3) is 0 Å². The normalized spacial score (nSPS) is 21.2. The summed E-state index contributed by atoms with van der Waals surface area (Å²) in [6.07, 6.45) is 2.90. The third-order valence-corrected chi connectivity index (χ3v) is 5.57. The predicted molar refractivity (Wildman–Crippen MR) is 105 cm³/mol. The molecule has 0 aliphatic carbocycles. The highest BCUT2D eigenvalue weighted by Crippen LogP contribution is 2.31. The van der Waals surface area contributed by atoms with Gasteiger partial charge in [0.15, 0.2) is 0 Å². The molecule has 0 saturated carbocycles. The van der Waals surface area contributed by atoms with E-state index in [0.717, 1.165) is 43.3 Å². The predicted octanol–water partition coefficient (Wildman–Crippen LogP) is 2.22. The fourth-order valence-corrected chi connectivity index (χ4v) is 3.93. The Kier molecular flexibility index (Phi) is 5.97. The van der Waals surface area contributed by atoms with E-state index >= 15 is 0 Å². The van der Waals surface area contributed by atoms with E-state index in [4.69, 9.17) is 4.98 Å². The minimum atomic E-state index is 0.129. The monoisotopic (exact) mass is 373 g/mol. The quantitative estimate of drug-likeness (QED) is 0.856. The van der Waals surface area contributed by atoms with Crippen LogP contribution in [-0.4, -0.2) is 65.3 Å². The third kappa shape index (κ3) is 4.57. The Balaban J connectivity index is 1.71. The summed E-state index contributed by atoms with van der Waals surface area (Å²) in [6.45, 7) is 6.40. The number of nitrogens with zero attached hydrogens (tertiary/aromatic N) is 4. The third-order valence-electron chi connectivity index (χ3n) is 5.57. The summed E-state index contributed by atoms with van der Waals surface area (Å²) >= 11 is 0. The lowest BCUT2D eigenvalue weighted by molar-refractivity contribution is -0.133. The maximum Gasteiger partial charge on any atom is 0.223 e. The number of likely N-dealkylation sites (tertiary alicyclic amines) is 2. The molecule has 0 bridgehead atoms. The molecule has 2 fully saturated rings. The lowest BCUT2D eigenvalue weighted by Gasteiger charge is -2.32. The highest BCUT2D eigenvalue weighted by Gasteiger charge is 2.31. The van der Waals surface area contributed by atoms with E-state index in [9.17, 15) is 9.59 Å². The first-order chi connectivity index (χ1) is 12.9. The van der Waals surface area contributed by atoms with Crippen LogP contribution in [0.2, 0.25) is 0 Å². The molecule has 2 aliphatic rings. The number of amides is 2. The molecule has 2 aliphatic heterocycles. The number of anilines is 1. The lowest BCUT2D eigenvalue weighted by Crippen LogP contribution is -2.38. The maximum atomic E-state index is 12.3. The molecule has 0 aromatic carbocycles. The standard InChI is InChI=1S/C20H31N5O2/c1-13(2)9-19(27)25-7-5-14(6-8-25)20-22-16(11-17(21-3)23-20)15-10-18(26)24(4)12-15/h11,13-15H,5-10,12H2,1-4H3,(H,21,22,23)/t15-/m1/s1. The van der Waals surface area contributed by atoms with Crippen molar-refractivity contribution in [3.63, 3.8) is 0 Å². The minimum absolute atomic E-state index is 0.129. The molecular weight excluding hydrogens is 342 g/mol. The van der Waals surface area contributed by atoms with Crippen LogP contribution in [-0.2, 0) is 9.59 Å². The van der Waals surface area contributed by atoms with E-state index in [0.29, 0.717) is 25.3 Å². The van der Waals surface area contributed by atoms with Gasteiger partial charge in [-0.2, -0.15) is 0 Å². The maximum absolute atomic E-state index is 12.3. The zero-order valence-corrected chi connectivity index (χ0v) is 16.9. The molecule has 2 amide bonds. The zero-order chi connectivity index (χ0) is 19.6. The van der Waals surface area contributed by atoms with Gasteiger partial charge >= 0.3 is 0 Å². The SMILES string of the molecule is CNc1cc([C@@H]2CC(=O)N(C)C2)nc(C2CCN(C(=O)CC(C)C)CC2)n1. The van der Waals surface area contributed by atoms with Crippen LogP contribution in [0, 0.1) is 5.92 Å². The van der Waals surface area contributed by atoms with E-state index in [1.807, 2.05) is 25.1 Å². The average molecular weight is 374 g/mol. The summed E-state index contributed by atoms with van der Waals surface area (Å²) in [7, 11) is 3.70. The van der Waals surface area contributed by atoms with E-state index in [1.165, 1.54) is 0 Å². The van der Waals surface area contributed by atoms with Gasteiger partial charge in [0.05, 0.1) is 5.69 Å². The van der Waals surface area contributed by atoms with E-state index < -0.39 is 0 Å². The molecule has 7 heteroatoms.